The summed E-state index contributed by atoms with van der Waals surface area (Å²) < 4.78 is 0. The first-order valence-corrected chi connectivity index (χ1v) is 10.1. The zero-order valence-electron chi connectivity index (χ0n) is 18.5. The van der Waals surface area contributed by atoms with Crippen LogP contribution in [0.2, 0.25) is 0 Å². The molecule has 0 atom stereocenters. The van der Waals surface area contributed by atoms with Crippen LogP contribution in [0.15, 0.2) is 0 Å². The van der Waals surface area contributed by atoms with Crippen LogP contribution in [0.3, 0.4) is 0 Å². The lowest BCUT2D eigenvalue weighted by atomic mass is 10.4. The third kappa shape index (κ3) is 28.5. The molecule has 0 bridgehead atoms. The Labute approximate surface area is 188 Å². The first-order valence-electron chi connectivity index (χ1n) is 10.1. The van der Waals surface area contributed by atoms with E-state index in [1.165, 1.54) is 0 Å². The number of aliphatic hydroxyl groups is 7. The van der Waals surface area contributed by atoms with E-state index in [0.29, 0.717) is 39.3 Å². The number of hydrogen-bond donors (Lipinski definition) is 8. The van der Waals surface area contributed by atoms with Crippen LogP contribution < -0.4 is 10.0 Å². The van der Waals surface area contributed by atoms with Gasteiger partial charge in [0.15, 0.2) is 6.54 Å². The number of carboxylic acids is 2. The van der Waals surface area contributed by atoms with E-state index in [9.17, 15) is 14.7 Å². The van der Waals surface area contributed by atoms with Gasteiger partial charge in [-0.25, -0.2) is 4.79 Å². The van der Waals surface area contributed by atoms with Crippen LogP contribution in [0.25, 0.3) is 0 Å². The van der Waals surface area contributed by atoms with Crippen molar-refractivity contribution < 1.29 is 55.5 Å². The lowest BCUT2D eigenvalue weighted by Crippen LogP contribution is -2.46. The van der Waals surface area contributed by atoms with Crippen molar-refractivity contribution >= 4 is 11.9 Å². The van der Waals surface area contributed by atoms with Gasteiger partial charge in [-0.05, 0) is 0 Å². The minimum atomic E-state index is -1.36. The molecule has 0 aliphatic rings. The average Bonchev–Trinajstić information content (AvgIpc) is 2.69. The highest BCUT2D eigenvalue weighted by molar-refractivity contribution is 5.72. The normalized spacial score (nSPS) is 10.6. The Morgan fingerprint density at radius 3 is 1.09 bits per heavy atom. The molecule has 32 heavy (non-hydrogen) atoms. The summed E-state index contributed by atoms with van der Waals surface area (Å²) in [4.78, 5) is 24.8. The summed E-state index contributed by atoms with van der Waals surface area (Å²) in [5, 5.41) is 77.6. The molecule has 0 spiro atoms. The number of carbonyl (C=O) groups is 2. The Morgan fingerprint density at radius 1 is 0.594 bits per heavy atom. The lowest BCUT2D eigenvalue weighted by molar-refractivity contribution is -0.305. The molecule has 0 rings (SSSR count). The summed E-state index contributed by atoms with van der Waals surface area (Å²) in [6.45, 7) is 2.36. The van der Waals surface area contributed by atoms with Gasteiger partial charge >= 0.3 is 5.97 Å². The fraction of sp³-hybridized carbons (Fsp3) is 0.889. The maximum Gasteiger partial charge on any atom is 0.364 e. The molecule has 193 valence electrons. The molecule has 14 heteroatoms. The van der Waals surface area contributed by atoms with Crippen LogP contribution in [0.5, 0.6) is 0 Å². The zero-order chi connectivity index (χ0) is 25.2. The van der Waals surface area contributed by atoms with Gasteiger partial charge in [0.05, 0.1) is 46.2 Å². The molecule has 0 fully saturated rings. The van der Waals surface area contributed by atoms with E-state index < -0.39 is 25.0 Å². The van der Waals surface area contributed by atoms with Crippen LogP contribution in [0.1, 0.15) is 0 Å². The number of aliphatic carboxylic acids is 2. The van der Waals surface area contributed by atoms with Gasteiger partial charge in [-0.3, -0.25) is 9.80 Å². The number of carbonyl (C=O) groups excluding carboxylic acids is 1. The number of carboxylic acid groups (broad SMARTS) is 2. The molecule has 0 saturated heterocycles. The minimum absolute atomic E-state index is 0.0142. The zero-order valence-corrected chi connectivity index (χ0v) is 18.5. The largest absolute Gasteiger partial charge is 0.544 e. The minimum Gasteiger partial charge on any atom is -0.544 e. The molecule has 0 saturated carbocycles. The predicted molar refractivity (Wildman–Crippen MR) is 112 cm³/mol. The van der Waals surface area contributed by atoms with Gasteiger partial charge < -0.3 is 50.8 Å². The Balaban J connectivity index is -0.000000397. The van der Waals surface area contributed by atoms with Gasteiger partial charge in [0.2, 0.25) is 6.54 Å². The molecule has 0 amide bonds. The van der Waals surface area contributed by atoms with Gasteiger partial charge in [-0.2, -0.15) is 4.90 Å². The molecule has 14 nitrogen and oxygen atoms in total. The Hall–Kier alpha value is -1.46. The molecule has 0 aliphatic heterocycles. The first kappa shape index (κ1) is 35.1. The van der Waals surface area contributed by atoms with E-state index >= 15 is 0 Å². The number of hydrogen-bond acceptors (Lipinski definition) is 13. The summed E-state index contributed by atoms with van der Waals surface area (Å²) in [5.74, 6) is -2.49. The maximum atomic E-state index is 10.1. The summed E-state index contributed by atoms with van der Waals surface area (Å²) in [5.41, 5.74) is 0. The third-order valence-electron chi connectivity index (χ3n) is 3.63. The SMILES string of the molecule is O=C([O-])C[N+](CCO)CC(=O)O.OCCN(CCO)CCO.OCCN(CCO)CCO. The second-order valence-corrected chi connectivity index (χ2v) is 6.22. The van der Waals surface area contributed by atoms with Crippen molar-refractivity contribution in [2.24, 2.45) is 0 Å². The molecular formula is C18H40N3O11. The van der Waals surface area contributed by atoms with E-state index in [-0.39, 0.29) is 52.8 Å². The smallest absolute Gasteiger partial charge is 0.364 e. The van der Waals surface area contributed by atoms with Gasteiger partial charge in [-0.15, -0.1) is 0 Å². The fourth-order valence-electron chi connectivity index (χ4n) is 2.25. The molecule has 0 aromatic rings. The third-order valence-corrected chi connectivity index (χ3v) is 3.63. The van der Waals surface area contributed by atoms with Crippen LogP contribution in [0, 0.1) is 0 Å². The molecule has 0 aromatic heterocycles. The standard InChI is InChI=1S/C6H11NO5.2C6H15NO3/c8-2-1-7(3-5(9)10)4-6(11)12;2*8-4-1-7(2-5-9)3-6-10/h8H,1-4H2,(H,9,10)(H,11,12);2*8-10H,1-6H2/q+1;;/p-1. The topological polar surface area (TPSA) is 231 Å². The van der Waals surface area contributed by atoms with E-state index in [1.807, 2.05) is 0 Å². The molecule has 8 N–H and O–H groups in total. The van der Waals surface area contributed by atoms with Crippen LogP contribution >= 0.6 is 0 Å². The van der Waals surface area contributed by atoms with Gasteiger partial charge in [0.25, 0.3) is 0 Å². The maximum absolute atomic E-state index is 10.1. The van der Waals surface area contributed by atoms with Gasteiger partial charge in [-0.1, -0.05) is 0 Å². The summed E-state index contributed by atoms with van der Waals surface area (Å²) >= 11 is 0. The highest BCUT2D eigenvalue weighted by Gasteiger charge is 2.18. The van der Waals surface area contributed by atoms with Crippen LogP contribution in [-0.2, 0) is 9.59 Å². The molecule has 1 radical (unpaired) electrons. The Bertz CT molecular complexity index is 357. The average molecular weight is 475 g/mol. The van der Waals surface area contributed by atoms with Crippen molar-refractivity contribution in [2.45, 2.75) is 0 Å². The highest BCUT2D eigenvalue weighted by Crippen LogP contribution is 1.85. The number of rotatable bonds is 18. The number of nitrogens with zero attached hydrogens (tertiary/aromatic N) is 3. The van der Waals surface area contributed by atoms with Crippen molar-refractivity contribution in [2.75, 3.05) is 105 Å². The summed E-state index contributed by atoms with van der Waals surface area (Å²) in [7, 11) is 0. The van der Waals surface area contributed by atoms with E-state index in [1.54, 1.807) is 9.80 Å². The van der Waals surface area contributed by atoms with E-state index in [0.717, 1.165) is 4.90 Å². The van der Waals surface area contributed by atoms with E-state index in [4.69, 9.17) is 40.9 Å². The molecule has 0 unspecified atom stereocenters. The summed E-state index contributed by atoms with van der Waals surface area (Å²) in [6.07, 6.45) is 0. The lowest BCUT2D eigenvalue weighted by Gasteiger charge is -2.17. The first-order chi connectivity index (χ1) is 15.2. The van der Waals surface area contributed by atoms with Crippen molar-refractivity contribution in [3.05, 3.63) is 0 Å². The quantitative estimate of drug-likeness (QED) is 0.0864. The molecule has 0 heterocycles. The van der Waals surface area contributed by atoms with Crippen molar-refractivity contribution in [1.29, 1.82) is 0 Å². The monoisotopic (exact) mass is 474 g/mol. The second kappa shape index (κ2) is 27.6. The number of aliphatic hydroxyl groups excluding tert-OH is 7. The van der Waals surface area contributed by atoms with E-state index in [2.05, 4.69) is 0 Å². The van der Waals surface area contributed by atoms with Gasteiger partial charge in [0, 0.05) is 39.3 Å². The van der Waals surface area contributed by atoms with Crippen molar-refractivity contribution in [1.82, 2.24) is 14.7 Å². The van der Waals surface area contributed by atoms with Gasteiger partial charge in [0.1, 0.15) is 12.5 Å². The van der Waals surface area contributed by atoms with Crippen molar-refractivity contribution in [3.8, 4) is 0 Å². The predicted octanol–water partition coefficient (Wildman–Crippen LogP) is -6.52. The molecular weight excluding hydrogens is 434 g/mol. The summed E-state index contributed by atoms with van der Waals surface area (Å²) in [6, 6.07) is 0. The fourth-order valence-corrected chi connectivity index (χ4v) is 2.25. The van der Waals surface area contributed by atoms with Crippen molar-refractivity contribution in [3.63, 3.8) is 0 Å². The Kier molecular flexibility index (Phi) is 30.3. The van der Waals surface area contributed by atoms with Crippen LogP contribution in [0.4, 0.5) is 0 Å². The molecule has 0 aromatic carbocycles. The second-order valence-electron chi connectivity index (χ2n) is 6.22. The van der Waals surface area contributed by atoms with Crippen LogP contribution in [-0.4, -0.2) is 168 Å². The molecule has 0 aliphatic carbocycles. The highest BCUT2D eigenvalue weighted by atomic mass is 16.4. The Morgan fingerprint density at radius 2 is 0.906 bits per heavy atom.